The predicted octanol–water partition coefficient (Wildman–Crippen LogP) is 14.8. The summed E-state index contributed by atoms with van der Waals surface area (Å²) in [6, 6.07) is 68.4. The Morgan fingerprint density at radius 2 is 0.442 bits per heavy atom. The van der Waals surface area contributed by atoms with Crippen molar-refractivity contribution in [2.75, 3.05) is 0 Å². The van der Waals surface area contributed by atoms with E-state index in [0.717, 1.165) is 0 Å². The Morgan fingerprint density at radius 1 is 0.173 bits per heavy atom. The third kappa shape index (κ3) is 3.87. The fraction of sp³-hybridized carbons (Fsp3) is 0. The lowest BCUT2D eigenvalue weighted by atomic mass is 9.82. The normalized spacial score (nSPS) is 12.2. The van der Waals surface area contributed by atoms with E-state index in [9.17, 15) is 0 Å². The minimum atomic E-state index is 1.24. The zero-order valence-corrected chi connectivity index (χ0v) is 28.3. The molecule has 52 heavy (non-hydrogen) atoms. The maximum Gasteiger partial charge on any atom is -0.00206 e. The molecule has 12 aromatic rings. The summed E-state index contributed by atoms with van der Waals surface area (Å²) >= 11 is 0. The fourth-order valence-corrected chi connectivity index (χ4v) is 9.31. The minimum absolute atomic E-state index is 1.24. The van der Waals surface area contributed by atoms with Crippen molar-refractivity contribution in [3.05, 3.63) is 182 Å². The zero-order chi connectivity index (χ0) is 33.9. The zero-order valence-electron chi connectivity index (χ0n) is 28.3. The Hall–Kier alpha value is -6.76. The molecule has 0 amide bonds. The van der Waals surface area contributed by atoms with Crippen molar-refractivity contribution in [3.63, 3.8) is 0 Å². The smallest absolute Gasteiger partial charge is 0.00206 e. The molecule has 0 aliphatic carbocycles. The molecule has 0 fully saturated rings. The molecule has 0 saturated carbocycles. The Kier molecular flexibility index (Phi) is 5.59. The average Bonchev–Trinajstić information content (AvgIpc) is 3.21. The van der Waals surface area contributed by atoms with Crippen LogP contribution < -0.4 is 0 Å². The van der Waals surface area contributed by atoms with Crippen LogP contribution in [0.25, 0.3) is 120 Å². The highest BCUT2D eigenvalue weighted by Gasteiger charge is 2.21. The monoisotopic (exact) mass is 654 g/mol. The molecule has 0 N–H and O–H groups in total. The second kappa shape index (κ2) is 10.4. The molecule has 0 unspecified atom stereocenters. The molecule has 238 valence electrons. The summed E-state index contributed by atoms with van der Waals surface area (Å²) < 4.78 is 0. The summed E-state index contributed by atoms with van der Waals surface area (Å²) in [5.41, 5.74) is 7.54. The maximum atomic E-state index is 2.44. The summed E-state index contributed by atoms with van der Waals surface area (Å²) in [5, 5.41) is 20.7. The topological polar surface area (TPSA) is 0 Å². The van der Waals surface area contributed by atoms with E-state index < -0.39 is 0 Å². The number of hydrogen-bond donors (Lipinski definition) is 0. The lowest BCUT2D eigenvalue weighted by molar-refractivity contribution is 1.63. The minimum Gasteiger partial charge on any atom is -0.0616 e. The van der Waals surface area contributed by atoms with Crippen molar-refractivity contribution in [1.29, 1.82) is 0 Å². The van der Waals surface area contributed by atoms with E-state index in [2.05, 4.69) is 182 Å². The second-order valence-corrected chi connectivity index (χ2v) is 14.4. The molecule has 0 heteroatoms. The van der Waals surface area contributed by atoms with Gasteiger partial charge in [-0.25, -0.2) is 0 Å². The van der Waals surface area contributed by atoms with Gasteiger partial charge >= 0.3 is 0 Å². The van der Waals surface area contributed by atoms with E-state index in [1.807, 2.05) is 0 Å². The largest absolute Gasteiger partial charge is 0.0616 e. The van der Waals surface area contributed by atoms with Gasteiger partial charge in [-0.05, 0) is 144 Å². The van der Waals surface area contributed by atoms with Crippen LogP contribution in [0.15, 0.2) is 182 Å². The highest BCUT2D eigenvalue weighted by Crippen LogP contribution is 2.48. The molecule has 12 rings (SSSR count). The number of fused-ring (bicyclic) bond motifs is 2. The van der Waals surface area contributed by atoms with Crippen LogP contribution in [-0.2, 0) is 0 Å². The first-order valence-electron chi connectivity index (χ1n) is 18.2. The summed E-state index contributed by atoms with van der Waals surface area (Å²) in [5.74, 6) is 0. The van der Waals surface area contributed by atoms with Crippen molar-refractivity contribution in [3.8, 4) is 33.4 Å². The van der Waals surface area contributed by atoms with Crippen LogP contribution in [0, 0.1) is 0 Å². The third-order valence-corrected chi connectivity index (χ3v) is 11.7. The van der Waals surface area contributed by atoms with Crippen LogP contribution in [-0.4, -0.2) is 0 Å². The third-order valence-electron chi connectivity index (χ3n) is 11.7. The lowest BCUT2D eigenvalue weighted by Gasteiger charge is -2.21. The van der Waals surface area contributed by atoms with Crippen molar-refractivity contribution < 1.29 is 0 Å². The van der Waals surface area contributed by atoms with Gasteiger partial charge < -0.3 is 0 Å². The van der Waals surface area contributed by atoms with Gasteiger partial charge in [0.2, 0.25) is 0 Å². The Bertz CT molecular complexity index is 3140. The van der Waals surface area contributed by atoms with Crippen LogP contribution in [0.4, 0.5) is 0 Å². The van der Waals surface area contributed by atoms with Gasteiger partial charge in [0.1, 0.15) is 0 Å². The van der Waals surface area contributed by atoms with Gasteiger partial charge in [-0.3, -0.25) is 0 Å². The van der Waals surface area contributed by atoms with Crippen LogP contribution in [0.2, 0.25) is 0 Å². The molecule has 12 aromatic carbocycles. The van der Waals surface area contributed by atoms with E-state index in [0.29, 0.717) is 0 Å². The molecule has 0 nitrogen and oxygen atoms in total. The van der Waals surface area contributed by atoms with E-state index in [4.69, 9.17) is 0 Å². The Morgan fingerprint density at radius 3 is 0.808 bits per heavy atom. The van der Waals surface area contributed by atoms with Crippen molar-refractivity contribution in [2.24, 2.45) is 0 Å². The molecular weight excluding hydrogens is 625 g/mol. The second-order valence-electron chi connectivity index (χ2n) is 14.4. The number of benzene rings is 12. The fourth-order valence-electron chi connectivity index (χ4n) is 9.31. The predicted molar refractivity (Wildman–Crippen MR) is 225 cm³/mol. The highest BCUT2D eigenvalue weighted by molar-refractivity contribution is 6.28. The molecule has 0 spiro atoms. The van der Waals surface area contributed by atoms with Gasteiger partial charge in [-0.15, -0.1) is 0 Å². The van der Waals surface area contributed by atoms with Gasteiger partial charge in [0, 0.05) is 0 Å². The molecule has 0 saturated heterocycles. The summed E-state index contributed by atoms with van der Waals surface area (Å²) in [6.07, 6.45) is 0. The summed E-state index contributed by atoms with van der Waals surface area (Å²) in [7, 11) is 0. The molecule has 0 bridgehead atoms. The van der Waals surface area contributed by atoms with E-state index in [1.165, 1.54) is 120 Å². The summed E-state index contributed by atoms with van der Waals surface area (Å²) in [6.45, 7) is 0. The Balaban J connectivity index is 1.22. The van der Waals surface area contributed by atoms with Crippen molar-refractivity contribution in [1.82, 2.24) is 0 Å². The van der Waals surface area contributed by atoms with Crippen LogP contribution in [0.3, 0.4) is 0 Å². The van der Waals surface area contributed by atoms with Crippen molar-refractivity contribution >= 4 is 86.2 Å². The van der Waals surface area contributed by atoms with Crippen LogP contribution >= 0.6 is 0 Å². The van der Waals surface area contributed by atoms with Gasteiger partial charge in [0.15, 0.2) is 0 Å². The van der Waals surface area contributed by atoms with E-state index in [-0.39, 0.29) is 0 Å². The van der Waals surface area contributed by atoms with Crippen LogP contribution in [0.1, 0.15) is 0 Å². The first-order chi connectivity index (χ1) is 25.8. The number of rotatable bonds is 3. The van der Waals surface area contributed by atoms with Crippen LogP contribution in [0.5, 0.6) is 0 Å². The van der Waals surface area contributed by atoms with E-state index in [1.54, 1.807) is 0 Å². The van der Waals surface area contributed by atoms with Gasteiger partial charge in [0.05, 0.1) is 0 Å². The first-order valence-corrected chi connectivity index (χ1v) is 18.2. The molecular formula is C52H30. The van der Waals surface area contributed by atoms with Gasteiger partial charge in [-0.2, -0.15) is 0 Å². The standard InChI is InChI=1S/C52H30/c1-3-9-39-29-47(45(27-37(39)7-1)41-23-19-35-17-15-31-11-5-13-33-21-25-43(41)51(35)49(31)33)48-30-40-10-4-2-8-38(40)28-46(48)42-24-20-36-18-16-32-12-6-14-34-22-26-44(42)52(36)50(32)34/h1-30H. The molecule has 0 aliphatic heterocycles. The van der Waals surface area contributed by atoms with Gasteiger partial charge in [0.25, 0.3) is 0 Å². The first kappa shape index (κ1) is 28.0. The lowest BCUT2D eigenvalue weighted by Crippen LogP contribution is -1.94. The average molecular weight is 655 g/mol. The summed E-state index contributed by atoms with van der Waals surface area (Å²) in [4.78, 5) is 0. The van der Waals surface area contributed by atoms with Crippen molar-refractivity contribution in [2.45, 2.75) is 0 Å². The van der Waals surface area contributed by atoms with Gasteiger partial charge in [-0.1, -0.05) is 158 Å². The highest BCUT2D eigenvalue weighted by atomic mass is 14.2. The Labute approximate surface area is 300 Å². The maximum absolute atomic E-state index is 2.44. The van der Waals surface area contributed by atoms with E-state index >= 15 is 0 Å². The number of hydrogen-bond acceptors (Lipinski definition) is 0. The molecule has 0 aliphatic rings. The molecule has 0 aromatic heterocycles. The quantitative estimate of drug-likeness (QED) is 0.166. The molecule has 0 radical (unpaired) electrons. The molecule has 0 atom stereocenters. The SMILES string of the molecule is c1ccc2cc(-c3ccc4ccc5cccc6ccc3c4c56)c(-c3cc4ccccc4cc3-c3ccc4ccc5cccc6ccc3c4c56)cc2c1. The molecule has 0 heterocycles.